The molecular weight excluding hydrogens is 272 g/mol. The van der Waals surface area contributed by atoms with Gasteiger partial charge in [-0.2, -0.15) is 0 Å². The van der Waals surface area contributed by atoms with Crippen molar-refractivity contribution in [2.24, 2.45) is 5.92 Å². The molecule has 0 aromatic carbocycles. The zero-order valence-corrected chi connectivity index (χ0v) is 14.3. The maximum atomic E-state index is 12.4. The van der Waals surface area contributed by atoms with Crippen molar-refractivity contribution < 1.29 is 8.42 Å². The molecule has 1 aliphatic rings. The first-order valence-electron chi connectivity index (χ1n) is 8.11. The molecular formula is C15H32N2O2S. The van der Waals surface area contributed by atoms with Crippen molar-refractivity contribution in [1.82, 2.24) is 10.0 Å². The van der Waals surface area contributed by atoms with Crippen LogP contribution in [0.5, 0.6) is 0 Å². The first-order chi connectivity index (χ1) is 9.36. The molecule has 1 rings (SSSR count). The molecule has 0 spiro atoms. The van der Waals surface area contributed by atoms with Gasteiger partial charge in [0.2, 0.25) is 10.0 Å². The van der Waals surface area contributed by atoms with Gasteiger partial charge in [0.05, 0.1) is 5.25 Å². The number of rotatable bonds is 8. The van der Waals surface area contributed by atoms with Crippen molar-refractivity contribution in [3.8, 4) is 0 Å². The second-order valence-electron chi connectivity index (χ2n) is 6.45. The van der Waals surface area contributed by atoms with Crippen LogP contribution in [0.3, 0.4) is 0 Å². The fraction of sp³-hybridized carbons (Fsp3) is 1.00. The lowest BCUT2D eigenvalue weighted by Crippen LogP contribution is -2.47. The lowest BCUT2D eigenvalue weighted by Gasteiger charge is -2.31. The van der Waals surface area contributed by atoms with Crippen LogP contribution in [0.4, 0.5) is 0 Å². The summed E-state index contributed by atoms with van der Waals surface area (Å²) < 4.78 is 27.8. The van der Waals surface area contributed by atoms with Crippen LogP contribution in [0.1, 0.15) is 66.2 Å². The molecule has 0 aromatic heterocycles. The molecule has 2 unspecified atom stereocenters. The van der Waals surface area contributed by atoms with Gasteiger partial charge in [-0.25, -0.2) is 13.1 Å². The zero-order chi connectivity index (χ0) is 15.2. The molecule has 0 saturated heterocycles. The van der Waals surface area contributed by atoms with Gasteiger partial charge in [-0.3, -0.25) is 0 Å². The van der Waals surface area contributed by atoms with Gasteiger partial charge in [0.15, 0.2) is 0 Å². The van der Waals surface area contributed by atoms with Crippen molar-refractivity contribution in [2.45, 2.75) is 83.6 Å². The molecule has 4 nitrogen and oxygen atoms in total. The molecule has 0 aromatic rings. The summed E-state index contributed by atoms with van der Waals surface area (Å²) >= 11 is 0. The normalized spacial score (nSPS) is 21.1. The Morgan fingerprint density at radius 1 is 1.10 bits per heavy atom. The van der Waals surface area contributed by atoms with Crippen molar-refractivity contribution in [2.75, 3.05) is 6.54 Å². The summed E-state index contributed by atoms with van der Waals surface area (Å²) in [5.74, 6) is 0.522. The van der Waals surface area contributed by atoms with Gasteiger partial charge in [0, 0.05) is 18.6 Å². The van der Waals surface area contributed by atoms with Crippen LogP contribution >= 0.6 is 0 Å². The number of hydrogen-bond acceptors (Lipinski definition) is 3. The van der Waals surface area contributed by atoms with E-state index in [1.807, 2.05) is 13.8 Å². The SMILES string of the molecule is CCC(NS(=O)(=O)C(C)CNC(C)C)C1CCCCC1. The number of sulfonamides is 1. The molecule has 0 radical (unpaired) electrons. The summed E-state index contributed by atoms with van der Waals surface area (Å²) in [6.45, 7) is 8.44. The third-order valence-corrected chi connectivity index (χ3v) is 6.17. The van der Waals surface area contributed by atoms with E-state index < -0.39 is 10.0 Å². The molecule has 5 heteroatoms. The molecule has 0 bridgehead atoms. The van der Waals surface area contributed by atoms with E-state index in [9.17, 15) is 8.42 Å². The van der Waals surface area contributed by atoms with E-state index in [2.05, 4.69) is 17.0 Å². The highest BCUT2D eigenvalue weighted by Gasteiger charge is 2.29. The van der Waals surface area contributed by atoms with Gasteiger partial charge in [0.25, 0.3) is 0 Å². The summed E-state index contributed by atoms with van der Waals surface area (Å²) in [6.07, 6.45) is 7.00. The van der Waals surface area contributed by atoms with Crippen molar-refractivity contribution >= 4 is 10.0 Å². The zero-order valence-electron chi connectivity index (χ0n) is 13.5. The summed E-state index contributed by atoms with van der Waals surface area (Å²) in [4.78, 5) is 0. The fourth-order valence-corrected chi connectivity index (χ4v) is 4.22. The van der Waals surface area contributed by atoms with Crippen molar-refractivity contribution in [1.29, 1.82) is 0 Å². The molecule has 0 heterocycles. The van der Waals surface area contributed by atoms with Crippen LogP contribution in [0.25, 0.3) is 0 Å². The van der Waals surface area contributed by atoms with Crippen LogP contribution in [-0.4, -0.2) is 32.3 Å². The first kappa shape index (κ1) is 17.9. The Morgan fingerprint density at radius 2 is 1.70 bits per heavy atom. The highest BCUT2D eigenvalue weighted by molar-refractivity contribution is 7.90. The average Bonchev–Trinajstić information content (AvgIpc) is 2.43. The number of nitrogens with one attached hydrogen (secondary N) is 2. The molecule has 1 aliphatic carbocycles. The van der Waals surface area contributed by atoms with E-state index >= 15 is 0 Å². The highest BCUT2D eigenvalue weighted by Crippen LogP contribution is 2.28. The quantitative estimate of drug-likeness (QED) is 0.725. The third kappa shape index (κ3) is 5.70. The average molecular weight is 305 g/mol. The lowest BCUT2D eigenvalue weighted by atomic mass is 9.83. The van der Waals surface area contributed by atoms with E-state index in [1.54, 1.807) is 6.92 Å². The summed E-state index contributed by atoms with van der Waals surface area (Å²) in [6, 6.07) is 0.426. The largest absolute Gasteiger partial charge is 0.313 e. The molecule has 120 valence electrons. The Hall–Kier alpha value is -0.130. The lowest BCUT2D eigenvalue weighted by molar-refractivity contribution is 0.284. The van der Waals surface area contributed by atoms with E-state index in [1.165, 1.54) is 32.1 Å². The van der Waals surface area contributed by atoms with Crippen LogP contribution < -0.4 is 10.0 Å². The maximum Gasteiger partial charge on any atom is 0.215 e. The van der Waals surface area contributed by atoms with Gasteiger partial charge in [-0.1, -0.05) is 40.0 Å². The smallest absolute Gasteiger partial charge is 0.215 e. The maximum absolute atomic E-state index is 12.4. The van der Waals surface area contributed by atoms with Crippen LogP contribution in [0.2, 0.25) is 0 Å². The van der Waals surface area contributed by atoms with E-state index in [0.29, 0.717) is 18.5 Å². The van der Waals surface area contributed by atoms with Gasteiger partial charge in [-0.05, 0) is 32.1 Å². The predicted molar refractivity (Wildman–Crippen MR) is 85.3 cm³/mol. The first-order valence-corrected chi connectivity index (χ1v) is 9.66. The topological polar surface area (TPSA) is 58.2 Å². The standard InChI is InChI=1S/C15H32N2O2S/c1-5-15(14-9-7-6-8-10-14)17-20(18,19)13(4)11-16-12(2)3/h12-17H,5-11H2,1-4H3. The minimum Gasteiger partial charge on any atom is -0.313 e. The Morgan fingerprint density at radius 3 is 2.20 bits per heavy atom. The van der Waals surface area contributed by atoms with Gasteiger partial charge >= 0.3 is 0 Å². The predicted octanol–water partition coefficient (Wildman–Crippen LogP) is 2.65. The Labute approximate surface area is 125 Å². The second kappa shape index (κ2) is 8.35. The summed E-state index contributed by atoms with van der Waals surface area (Å²) in [5, 5.41) is 2.82. The van der Waals surface area contributed by atoms with E-state index in [0.717, 1.165) is 6.42 Å². The molecule has 20 heavy (non-hydrogen) atoms. The Balaban J connectivity index is 2.57. The van der Waals surface area contributed by atoms with E-state index in [-0.39, 0.29) is 11.3 Å². The molecule has 2 N–H and O–H groups in total. The van der Waals surface area contributed by atoms with Gasteiger partial charge in [0.1, 0.15) is 0 Å². The van der Waals surface area contributed by atoms with Crippen LogP contribution in [-0.2, 0) is 10.0 Å². The van der Waals surface area contributed by atoms with Crippen molar-refractivity contribution in [3.63, 3.8) is 0 Å². The molecule has 0 aliphatic heterocycles. The summed E-state index contributed by atoms with van der Waals surface area (Å²) in [7, 11) is -3.23. The minimum absolute atomic E-state index is 0.113. The highest BCUT2D eigenvalue weighted by atomic mass is 32.2. The summed E-state index contributed by atoms with van der Waals surface area (Å²) in [5.41, 5.74) is 0. The Bertz CT molecular complexity index is 362. The molecule has 2 atom stereocenters. The number of hydrogen-bond donors (Lipinski definition) is 2. The van der Waals surface area contributed by atoms with Crippen molar-refractivity contribution in [3.05, 3.63) is 0 Å². The third-order valence-electron chi connectivity index (χ3n) is 4.32. The van der Waals surface area contributed by atoms with E-state index in [4.69, 9.17) is 0 Å². The van der Waals surface area contributed by atoms with Gasteiger partial charge < -0.3 is 5.32 Å². The fourth-order valence-electron chi connectivity index (χ4n) is 2.89. The Kier molecular flexibility index (Phi) is 7.48. The van der Waals surface area contributed by atoms with Gasteiger partial charge in [-0.15, -0.1) is 0 Å². The van der Waals surface area contributed by atoms with Crippen LogP contribution in [0.15, 0.2) is 0 Å². The molecule has 0 amide bonds. The monoisotopic (exact) mass is 304 g/mol. The molecule has 1 fully saturated rings. The molecule has 1 saturated carbocycles. The second-order valence-corrected chi connectivity index (χ2v) is 8.58. The van der Waals surface area contributed by atoms with Crippen LogP contribution in [0, 0.1) is 5.92 Å². The minimum atomic E-state index is -3.23.